The van der Waals surface area contributed by atoms with Crippen molar-refractivity contribution < 1.29 is 14.6 Å². The minimum absolute atomic E-state index is 0.0857. The van der Waals surface area contributed by atoms with Gasteiger partial charge in [-0.1, -0.05) is 20.8 Å². The molecule has 4 fully saturated rings. The minimum Gasteiger partial charge on any atom is -0.469 e. The predicted octanol–water partition coefficient (Wildman–Crippen LogP) is 4.53. The van der Waals surface area contributed by atoms with Crippen molar-refractivity contribution in [3.8, 4) is 0 Å². The second-order valence-electron chi connectivity index (χ2n) is 11.7. The van der Waals surface area contributed by atoms with Crippen LogP contribution in [0.2, 0.25) is 0 Å². The molecule has 4 heteroatoms. The molecular weight excluding hydrogens is 362 g/mol. The van der Waals surface area contributed by atoms with Crippen molar-refractivity contribution in [2.24, 2.45) is 52.1 Å². The van der Waals surface area contributed by atoms with Crippen LogP contribution in [0.1, 0.15) is 85.0 Å². The standard InChI is InChI=1S/C25H43NO3/c1-15(5-8-22(28)29-4)18-6-7-19-23-20(10-12-25(18,19)3)24(2)11-9-17(26)13-16(24)14-21(23)27/h15-21,23,27H,5-14,26H2,1-4H3/t15?,16?,17-,18+,19?,20?,21+,23?,24-,25+/m0/s1. The fraction of sp³-hybridized carbons (Fsp3) is 0.960. The summed E-state index contributed by atoms with van der Waals surface area (Å²) < 4.78 is 4.87. The Hall–Kier alpha value is -0.610. The molecule has 4 nitrogen and oxygen atoms in total. The third-order valence-corrected chi connectivity index (χ3v) is 10.5. The van der Waals surface area contributed by atoms with E-state index in [4.69, 9.17) is 10.5 Å². The van der Waals surface area contributed by atoms with E-state index >= 15 is 0 Å². The highest BCUT2D eigenvalue weighted by atomic mass is 16.5. The molecule has 0 aromatic heterocycles. The first kappa shape index (κ1) is 21.6. The average Bonchev–Trinajstić information content (AvgIpc) is 3.04. The molecule has 0 aliphatic heterocycles. The SMILES string of the molecule is COC(=O)CCC(C)[C@H]1CCC2C3C(CC[C@@]21C)[C@@]1(C)CC[C@H](N)CC1C[C@H]3O. The number of aliphatic hydroxyl groups excluding tert-OH is 1. The molecule has 29 heavy (non-hydrogen) atoms. The summed E-state index contributed by atoms with van der Waals surface area (Å²) in [5.41, 5.74) is 7.00. The van der Waals surface area contributed by atoms with Gasteiger partial charge in [-0.2, -0.15) is 0 Å². The van der Waals surface area contributed by atoms with E-state index in [1.165, 1.54) is 39.2 Å². The van der Waals surface area contributed by atoms with Gasteiger partial charge in [0.15, 0.2) is 0 Å². The maximum Gasteiger partial charge on any atom is 0.305 e. The average molecular weight is 406 g/mol. The summed E-state index contributed by atoms with van der Waals surface area (Å²) in [5.74, 6) is 3.47. The van der Waals surface area contributed by atoms with Gasteiger partial charge in [0.2, 0.25) is 0 Å². The summed E-state index contributed by atoms with van der Waals surface area (Å²) in [6.07, 6.45) is 10.8. The summed E-state index contributed by atoms with van der Waals surface area (Å²) in [4.78, 5) is 11.7. The first-order valence-corrected chi connectivity index (χ1v) is 12.2. The van der Waals surface area contributed by atoms with Gasteiger partial charge in [0, 0.05) is 12.5 Å². The van der Waals surface area contributed by atoms with Crippen LogP contribution in [0.15, 0.2) is 0 Å². The smallest absolute Gasteiger partial charge is 0.305 e. The molecule has 0 heterocycles. The molecule has 166 valence electrons. The third kappa shape index (κ3) is 3.46. The molecule has 0 amide bonds. The Kier molecular flexibility index (Phi) is 5.83. The lowest BCUT2D eigenvalue weighted by molar-refractivity contribution is -0.166. The highest BCUT2D eigenvalue weighted by molar-refractivity contribution is 5.69. The van der Waals surface area contributed by atoms with Gasteiger partial charge in [0.25, 0.3) is 0 Å². The van der Waals surface area contributed by atoms with Gasteiger partial charge >= 0.3 is 5.97 Å². The number of fused-ring (bicyclic) bond motifs is 5. The third-order valence-electron chi connectivity index (χ3n) is 10.5. The normalized spacial score (nSPS) is 50.2. The molecule has 0 bridgehead atoms. The zero-order chi connectivity index (χ0) is 21.0. The van der Waals surface area contributed by atoms with E-state index in [1.807, 2.05) is 0 Å². The molecule has 0 saturated heterocycles. The molecule has 4 aliphatic carbocycles. The molecule has 3 N–H and O–H groups in total. The highest BCUT2D eigenvalue weighted by Gasteiger charge is 2.62. The van der Waals surface area contributed by atoms with Crippen LogP contribution in [0.25, 0.3) is 0 Å². The van der Waals surface area contributed by atoms with Crippen LogP contribution >= 0.6 is 0 Å². The van der Waals surface area contributed by atoms with Crippen molar-refractivity contribution in [3.05, 3.63) is 0 Å². The van der Waals surface area contributed by atoms with Crippen LogP contribution in [-0.2, 0) is 9.53 Å². The summed E-state index contributed by atoms with van der Waals surface area (Å²) >= 11 is 0. The van der Waals surface area contributed by atoms with E-state index in [2.05, 4.69) is 20.8 Å². The molecule has 5 unspecified atom stereocenters. The van der Waals surface area contributed by atoms with Gasteiger partial charge in [0.1, 0.15) is 0 Å². The van der Waals surface area contributed by atoms with Gasteiger partial charge in [-0.05, 0) is 104 Å². The number of methoxy groups -OCH3 is 1. The maximum atomic E-state index is 11.7. The van der Waals surface area contributed by atoms with E-state index in [0.29, 0.717) is 58.8 Å². The van der Waals surface area contributed by atoms with E-state index in [0.717, 1.165) is 25.7 Å². The van der Waals surface area contributed by atoms with Gasteiger partial charge in [-0.25, -0.2) is 0 Å². The monoisotopic (exact) mass is 405 g/mol. The van der Waals surface area contributed by atoms with E-state index < -0.39 is 0 Å². The molecule has 10 atom stereocenters. The number of nitrogens with two attached hydrogens (primary N) is 1. The van der Waals surface area contributed by atoms with Gasteiger partial charge in [0.05, 0.1) is 13.2 Å². The Morgan fingerprint density at radius 2 is 1.79 bits per heavy atom. The maximum absolute atomic E-state index is 11.7. The van der Waals surface area contributed by atoms with Crippen LogP contribution in [0, 0.1) is 46.3 Å². The van der Waals surface area contributed by atoms with E-state index in [9.17, 15) is 9.90 Å². The number of aliphatic hydroxyl groups is 1. The summed E-state index contributed by atoms with van der Waals surface area (Å²) in [5, 5.41) is 11.3. The number of carbonyl (C=O) groups is 1. The highest BCUT2D eigenvalue weighted by Crippen LogP contribution is 2.68. The quantitative estimate of drug-likeness (QED) is 0.674. The number of hydrogen-bond donors (Lipinski definition) is 2. The zero-order valence-electron chi connectivity index (χ0n) is 19.0. The number of esters is 1. The molecule has 0 aromatic carbocycles. The molecule has 4 aliphatic rings. The lowest BCUT2D eigenvalue weighted by atomic mass is 9.43. The van der Waals surface area contributed by atoms with Crippen LogP contribution in [0.4, 0.5) is 0 Å². The van der Waals surface area contributed by atoms with Crippen molar-refractivity contribution in [1.82, 2.24) is 0 Å². The van der Waals surface area contributed by atoms with E-state index in [-0.39, 0.29) is 12.1 Å². The fourth-order valence-corrected chi connectivity index (χ4v) is 8.88. The lowest BCUT2D eigenvalue weighted by Gasteiger charge is -2.62. The van der Waals surface area contributed by atoms with Crippen molar-refractivity contribution in [2.45, 2.75) is 97.1 Å². The Morgan fingerprint density at radius 3 is 2.52 bits per heavy atom. The van der Waals surface area contributed by atoms with Crippen LogP contribution < -0.4 is 5.73 Å². The fourth-order valence-electron chi connectivity index (χ4n) is 8.88. The number of ether oxygens (including phenoxy) is 1. The Bertz CT molecular complexity index is 623. The van der Waals surface area contributed by atoms with Crippen molar-refractivity contribution in [1.29, 1.82) is 0 Å². The Morgan fingerprint density at radius 1 is 1.10 bits per heavy atom. The topological polar surface area (TPSA) is 72.5 Å². The predicted molar refractivity (Wildman–Crippen MR) is 115 cm³/mol. The molecular formula is C25H43NO3. The van der Waals surface area contributed by atoms with Crippen LogP contribution in [0.5, 0.6) is 0 Å². The number of carbonyl (C=O) groups excluding carboxylic acids is 1. The van der Waals surface area contributed by atoms with Crippen LogP contribution in [-0.4, -0.2) is 30.3 Å². The zero-order valence-corrected chi connectivity index (χ0v) is 19.0. The van der Waals surface area contributed by atoms with Gasteiger partial charge < -0.3 is 15.6 Å². The van der Waals surface area contributed by atoms with Gasteiger partial charge in [-0.15, -0.1) is 0 Å². The molecule has 0 aromatic rings. The Labute approximate surface area is 177 Å². The summed E-state index contributed by atoms with van der Waals surface area (Å²) in [7, 11) is 1.48. The molecule has 4 saturated carbocycles. The summed E-state index contributed by atoms with van der Waals surface area (Å²) in [6.45, 7) is 7.38. The minimum atomic E-state index is -0.155. The van der Waals surface area contributed by atoms with Crippen molar-refractivity contribution >= 4 is 5.97 Å². The van der Waals surface area contributed by atoms with Crippen molar-refractivity contribution in [3.63, 3.8) is 0 Å². The first-order chi connectivity index (χ1) is 13.7. The van der Waals surface area contributed by atoms with Crippen molar-refractivity contribution in [2.75, 3.05) is 7.11 Å². The second kappa shape index (κ2) is 7.82. The molecule has 0 radical (unpaired) electrons. The number of hydrogen-bond acceptors (Lipinski definition) is 4. The lowest BCUT2D eigenvalue weighted by Crippen LogP contribution is -2.59. The first-order valence-electron chi connectivity index (χ1n) is 12.2. The van der Waals surface area contributed by atoms with E-state index in [1.54, 1.807) is 0 Å². The second-order valence-corrected chi connectivity index (χ2v) is 11.7. The largest absolute Gasteiger partial charge is 0.469 e. The molecule has 0 spiro atoms. The Balaban J connectivity index is 1.53. The van der Waals surface area contributed by atoms with Crippen LogP contribution in [0.3, 0.4) is 0 Å². The summed E-state index contributed by atoms with van der Waals surface area (Å²) in [6, 6.07) is 0.331. The van der Waals surface area contributed by atoms with Gasteiger partial charge in [-0.3, -0.25) is 4.79 Å². The number of rotatable bonds is 4. The molecule has 4 rings (SSSR count).